The van der Waals surface area contributed by atoms with Crippen molar-refractivity contribution in [1.29, 1.82) is 0 Å². The molecule has 0 unspecified atom stereocenters. The van der Waals surface area contributed by atoms with Crippen LogP contribution in [0.4, 0.5) is 4.79 Å². The van der Waals surface area contributed by atoms with Gasteiger partial charge in [-0.3, -0.25) is 4.79 Å². The Kier molecular flexibility index (Phi) is 6.30. The molecule has 142 valence electrons. The number of amides is 3. The third-order valence-corrected chi connectivity index (χ3v) is 5.83. The van der Waals surface area contributed by atoms with E-state index in [-0.39, 0.29) is 17.9 Å². The molecule has 2 fully saturated rings. The number of carbonyl (C=O) groups excluding carboxylic acids is 2. The first-order chi connectivity index (χ1) is 11.8. The summed E-state index contributed by atoms with van der Waals surface area (Å²) >= 11 is 0. The summed E-state index contributed by atoms with van der Waals surface area (Å²) in [4.78, 5) is 39.7. The third-order valence-electron chi connectivity index (χ3n) is 5.83. The van der Waals surface area contributed by atoms with Gasteiger partial charge < -0.3 is 20.2 Å². The molecule has 7 nitrogen and oxygen atoms in total. The molecule has 1 saturated heterocycles. The van der Waals surface area contributed by atoms with Crippen LogP contribution in [0.5, 0.6) is 0 Å². The monoisotopic (exact) mass is 353 g/mol. The van der Waals surface area contributed by atoms with Gasteiger partial charge >= 0.3 is 12.0 Å². The number of carboxylic acids is 1. The molecule has 2 rings (SSSR count). The van der Waals surface area contributed by atoms with Crippen LogP contribution in [0.3, 0.4) is 0 Å². The normalized spacial score (nSPS) is 27.6. The molecule has 0 atom stereocenters. The molecule has 1 aliphatic carbocycles. The molecule has 0 radical (unpaired) electrons. The van der Waals surface area contributed by atoms with E-state index in [1.807, 2.05) is 0 Å². The minimum atomic E-state index is -1.11. The molecular formula is C18H31N3O4. The fourth-order valence-corrected chi connectivity index (χ4v) is 3.92. The lowest BCUT2D eigenvalue weighted by Crippen LogP contribution is -2.58. The molecule has 3 amide bonds. The molecule has 0 aromatic heterocycles. The zero-order valence-corrected chi connectivity index (χ0v) is 15.6. The highest BCUT2D eigenvalue weighted by atomic mass is 16.4. The van der Waals surface area contributed by atoms with Gasteiger partial charge in [-0.05, 0) is 44.4 Å². The minimum absolute atomic E-state index is 0.0428. The minimum Gasteiger partial charge on any atom is -0.480 e. The Bertz CT molecular complexity index is 504. The van der Waals surface area contributed by atoms with Crippen molar-refractivity contribution in [1.82, 2.24) is 15.1 Å². The number of rotatable bonds is 4. The highest BCUT2D eigenvalue weighted by molar-refractivity contribution is 5.88. The Morgan fingerprint density at radius 2 is 1.68 bits per heavy atom. The number of carboxylic acid groups (broad SMARTS) is 1. The second-order valence-electron chi connectivity index (χ2n) is 7.67. The summed E-state index contributed by atoms with van der Waals surface area (Å²) in [6.07, 6.45) is 4.92. The van der Waals surface area contributed by atoms with Gasteiger partial charge in [0.2, 0.25) is 5.91 Å². The quantitative estimate of drug-likeness (QED) is 0.808. The predicted octanol–water partition coefficient (Wildman–Crippen LogP) is 1.92. The lowest BCUT2D eigenvalue weighted by atomic mass is 9.75. The Labute approximate surface area is 149 Å². The van der Waals surface area contributed by atoms with Crippen molar-refractivity contribution in [3.63, 3.8) is 0 Å². The summed E-state index contributed by atoms with van der Waals surface area (Å²) in [6.45, 7) is 3.19. The average Bonchev–Trinajstić information content (AvgIpc) is 2.61. The number of hydrogen-bond acceptors (Lipinski definition) is 3. The second-order valence-corrected chi connectivity index (χ2v) is 7.67. The standard InChI is InChI=1S/C18H31N3O4/c1-4-13-5-9-18(10-6-13,16(23)24)19-15(22)14-7-11-21(12-8-14)17(25)20(2)3/h13-14H,4-12H2,1-3H3,(H,19,22)(H,23,24). The molecular weight excluding hydrogens is 322 g/mol. The van der Waals surface area contributed by atoms with Crippen LogP contribution in [0.25, 0.3) is 0 Å². The third kappa shape index (κ3) is 4.44. The zero-order valence-electron chi connectivity index (χ0n) is 15.6. The van der Waals surface area contributed by atoms with Crippen LogP contribution in [-0.2, 0) is 9.59 Å². The van der Waals surface area contributed by atoms with Crippen LogP contribution < -0.4 is 5.32 Å². The van der Waals surface area contributed by atoms with Gasteiger partial charge in [-0.1, -0.05) is 13.3 Å². The van der Waals surface area contributed by atoms with Gasteiger partial charge in [0.25, 0.3) is 0 Å². The van der Waals surface area contributed by atoms with Gasteiger partial charge in [-0.25, -0.2) is 9.59 Å². The van der Waals surface area contributed by atoms with Crippen molar-refractivity contribution < 1.29 is 19.5 Å². The molecule has 7 heteroatoms. The molecule has 0 bridgehead atoms. The topological polar surface area (TPSA) is 90.0 Å². The number of urea groups is 1. The summed E-state index contributed by atoms with van der Waals surface area (Å²) in [7, 11) is 3.43. The van der Waals surface area contributed by atoms with E-state index in [9.17, 15) is 19.5 Å². The SMILES string of the molecule is CCC1CCC(NC(=O)C2CCN(C(=O)N(C)C)CC2)(C(=O)O)CC1. The zero-order chi connectivity index (χ0) is 18.6. The van der Waals surface area contributed by atoms with Gasteiger partial charge in [0, 0.05) is 33.1 Å². The number of piperidine rings is 1. The number of aliphatic carboxylic acids is 1. The van der Waals surface area contributed by atoms with E-state index in [1.54, 1.807) is 19.0 Å². The van der Waals surface area contributed by atoms with Crippen molar-refractivity contribution in [3.8, 4) is 0 Å². The number of nitrogens with zero attached hydrogens (tertiary/aromatic N) is 2. The highest BCUT2D eigenvalue weighted by Crippen LogP contribution is 2.34. The average molecular weight is 353 g/mol. The Morgan fingerprint density at radius 3 is 2.12 bits per heavy atom. The lowest BCUT2D eigenvalue weighted by molar-refractivity contribution is -0.150. The van der Waals surface area contributed by atoms with Crippen LogP contribution in [0.1, 0.15) is 51.9 Å². The summed E-state index contributed by atoms with van der Waals surface area (Å²) < 4.78 is 0. The maximum atomic E-state index is 12.6. The van der Waals surface area contributed by atoms with Crippen LogP contribution >= 0.6 is 0 Å². The molecule has 2 N–H and O–H groups in total. The predicted molar refractivity (Wildman–Crippen MR) is 94.1 cm³/mol. The van der Waals surface area contributed by atoms with Gasteiger partial charge in [0.15, 0.2) is 0 Å². The first-order valence-electron chi connectivity index (χ1n) is 9.30. The van der Waals surface area contributed by atoms with Crippen molar-refractivity contribution in [2.75, 3.05) is 27.2 Å². The van der Waals surface area contributed by atoms with Crippen molar-refractivity contribution in [2.24, 2.45) is 11.8 Å². The van der Waals surface area contributed by atoms with Gasteiger partial charge in [-0.2, -0.15) is 0 Å². The summed E-state index contributed by atoms with van der Waals surface area (Å²) in [5.41, 5.74) is -1.11. The maximum Gasteiger partial charge on any atom is 0.329 e. The number of nitrogens with one attached hydrogen (secondary N) is 1. The van der Waals surface area contributed by atoms with Gasteiger partial charge in [0.1, 0.15) is 5.54 Å². The smallest absolute Gasteiger partial charge is 0.329 e. The van der Waals surface area contributed by atoms with Gasteiger partial charge in [-0.15, -0.1) is 0 Å². The Hall–Kier alpha value is -1.79. The Morgan fingerprint density at radius 1 is 1.12 bits per heavy atom. The van der Waals surface area contributed by atoms with E-state index in [2.05, 4.69) is 12.2 Å². The van der Waals surface area contributed by atoms with E-state index in [1.165, 1.54) is 4.90 Å². The molecule has 0 spiro atoms. The maximum absolute atomic E-state index is 12.6. The Balaban J connectivity index is 1.92. The highest BCUT2D eigenvalue weighted by Gasteiger charge is 2.44. The van der Waals surface area contributed by atoms with Crippen LogP contribution in [0.15, 0.2) is 0 Å². The van der Waals surface area contributed by atoms with E-state index in [4.69, 9.17) is 0 Å². The van der Waals surface area contributed by atoms with Crippen molar-refractivity contribution in [2.45, 2.75) is 57.4 Å². The van der Waals surface area contributed by atoms with Crippen LogP contribution in [0.2, 0.25) is 0 Å². The fourth-order valence-electron chi connectivity index (χ4n) is 3.92. The number of hydrogen-bond donors (Lipinski definition) is 2. The summed E-state index contributed by atoms with van der Waals surface area (Å²) in [6, 6.07) is -0.0428. The van der Waals surface area contributed by atoms with E-state index in [0.717, 1.165) is 19.3 Å². The second kappa shape index (κ2) is 8.06. The van der Waals surface area contributed by atoms with Crippen molar-refractivity contribution in [3.05, 3.63) is 0 Å². The first kappa shape index (κ1) is 19.5. The number of likely N-dealkylation sites (tertiary alicyclic amines) is 1. The molecule has 0 aromatic carbocycles. The number of carbonyl (C=O) groups is 3. The largest absolute Gasteiger partial charge is 0.480 e. The molecule has 0 aromatic rings. The molecule has 1 saturated carbocycles. The van der Waals surface area contributed by atoms with E-state index >= 15 is 0 Å². The van der Waals surface area contributed by atoms with E-state index < -0.39 is 11.5 Å². The molecule has 25 heavy (non-hydrogen) atoms. The van der Waals surface area contributed by atoms with Crippen LogP contribution in [-0.4, -0.2) is 65.5 Å². The fraction of sp³-hybridized carbons (Fsp3) is 0.833. The lowest BCUT2D eigenvalue weighted by Gasteiger charge is -2.39. The first-order valence-corrected chi connectivity index (χ1v) is 9.30. The molecule has 1 heterocycles. The molecule has 1 aliphatic heterocycles. The summed E-state index contributed by atoms with van der Waals surface area (Å²) in [5, 5.41) is 12.6. The van der Waals surface area contributed by atoms with Crippen LogP contribution in [0, 0.1) is 11.8 Å². The molecule has 2 aliphatic rings. The van der Waals surface area contributed by atoms with E-state index in [0.29, 0.717) is 44.7 Å². The van der Waals surface area contributed by atoms with Gasteiger partial charge in [0.05, 0.1) is 0 Å². The summed E-state index contributed by atoms with van der Waals surface area (Å²) in [5.74, 6) is -0.749. The van der Waals surface area contributed by atoms with Crippen molar-refractivity contribution >= 4 is 17.9 Å².